The Morgan fingerprint density at radius 3 is 2.36 bits per heavy atom. The summed E-state index contributed by atoms with van der Waals surface area (Å²) in [5.74, 6) is -2.63. The van der Waals surface area contributed by atoms with E-state index in [4.69, 9.17) is 5.11 Å². The molecule has 126 valence electrons. The van der Waals surface area contributed by atoms with E-state index in [0.29, 0.717) is 11.1 Å². The van der Waals surface area contributed by atoms with E-state index in [2.05, 4.69) is 0 Å². The Morgan fingerprint density at radius 2 is 1.60 bits per heavy atom. The van der Waals surface area contributed by atoms with Crippen LogP contribution in [0.25, 0.3) is 11.1 Å². The Balaban J connectivity index is 1.87. The van der Waals surface area contributed by atoms with Gasteiger partial charge in [0.15, 0.2) is 11.6 Å². The zero-order valence-corrected chi connectivity index (χ0v) is 13.9. The highest BCUT2D eigenvalue weighted by Crippen LogP contribution is 2.32. The molecule has 0 saturated heterocycles. The van der Waals surface area contributed by atoms with Crippen molar-refractivity contribution < 1.29 is 18.7 Å². The lowest BCUT2D eigenvalue weighted by Crippen LogP contribution is -1.99. The first-order chi connectivity index (χ1) is 12.0. The molecule has 0 aliphatic carbocycles. The maximum Gasteiger partial charge on any atom is 0.307 e. The lowest BCUT2D eigenvalue weighted by atomic mass is 10.1. The fourth-order valence-electron chi connectivity index (χ4n) is 2.48. The third kappa shape index (κ3) is 4.25. The molecule has 0 saturated carbocycles. The number of benzene rings is 3. The second-order valence-corrected chi connectivity index (χ2v) is 6.60. The number of hydrogen-bond donors (Lipinski definition) is 1. The highest BCUT2D eigenvalue weighted by molar-refractivity contribution is 7.99. The van der Waals surface area contributed by atoms with Gasteiger partial charge in [-0.25, -0.2) is 8.78 Å². The standard InChI is InChI=1S/C20H14F2O2S/c21-18-9-3-8-17(20(18)22)14-5-2-7-16(12-14)25-15-6-1-4-13(10-15)11-19(23)24/h1-10,12H,11H2,(H,23,24). The third-order valence-electron chi connectivity index (χ3n) is 3.59. The second-order valence-electron chi connectivity index (χ2n) is 5.45. The lowest BCUT2D eigenvalue weighted by molar-refractivity contribution is -0.136. The Kier molecular flexibility index (Phi) is 5.14. The molecule has 0 atom stereocenters. The largest absolute Gasteiger partial charge is 0.481 e. The molecule has 0 aromatic heterocycles. The van der Waals surface area contributed by atoms with Crippen molar-refractivity contribution in [1.29, 1.82) is 0 Å². The van der Waals surface area contributed by atoms with Crippen LogP contribution >= 0.6 is 11.8 Å². The van der Waals surface area contributed by atoms with Crippen molar-refractivity contribution in [2.24, 2.45) is 0 Å². The van der Waals surface area contributed by atoms with Gasteiger partial charge in [-0.3, -0.25) is 4.79 Å². The van der Waals surface area contributed by atoms with Gasteiger partial charge in [-0.05, 0) is 41.5 Å². The molecule has 0 bridgehead atoms. The van der Waals surface area contributed by atoms with E-state index >= 15 is 0 Å². The Morgan fingerprint density at radius 1 is 0.920 bits per heavy atom. The average molecular weight is 356 g/mol. The quantitative estimate of drug-likeness (QED) is 0.664. The molecule has 0 fully saturated rings. The number of carbonyl (C=O) groups is 1. The number of carboxylic acid groups (broad SMARTS) is 1. The number of aliphatic carboxylic acids is 1. The van der Waals surface area contributed by atoms with Crippen LogP contribution in [0, 0.1) is 11.6 Å². The van der Waals surface area contributed by atoms with Crippen LogP contribution < -0.4 is 0 Å². The molecule has 0 spiro atoms. The molecule has 0 radical (unpaired) electrons. The van der Waals surface area contributed by atoms with Gasteiger partial charge in [0.1, 0.15) is 0 Å². The molecule has 2 nitrogen and oxygen atoms in total. The molecular weight excluding hydrogens is 342 g/mol. The molecule has 0 unspecified atom stereocenters. The zero-order valence-electron chi connectivity index (χ0n) is 13.1. The fourth-order valence-corrected chi connectivity index (χ4v) is 3.45. The van der Waals surface area contributed by atoms with Crippen LogP contribution in [0.15, 0.2) is 76.5 Å². The first-order valence-electron chi connectivity index (χ1n) is 7.56. The molecule has 3 aromatic rings. The summed E-state index contributed by atoms with van der Waals surface area (Å²) in [5, 5.41) is 8.89. The van der Waals surface area contributed by atoms with Gasteiger partial charge in [0.05, 0.1) is 6.42 Å². The summed E-state index contributed by atoms with van der Waals surface area (Å²) in [6, 6.07) is 18.5. The Labute approximate surface area is 148 Å². The Bertz CT molecular complexity index is 925. The van der Waals surface area contributed by atoms with E-state index in [-0.39, 0.29) is 12.0 Å². The number of hydrogen-bond acceptors (Lipinski definition) is 2. The average Bonchev–Trinajstić information content (AvgIpc) is 2.57. The summed E-state index contributed by atoms with van der Waals surface area (Å²) in [6.45, 7) is 0. The monoisotopic (exact) mass is 356 g/mol. The predicted molar refractivity (Wildman–Crippen MR) is 93.7 cm³/mol. The number of carboxylic acids is 1. The normalized spacial score (nSPS) is 10.6. The molecule has 5 heteroatoms. The summed E-state index contributed by atoms with van der Waals surface area (Å²) in [5.41, 5.74) is 1.51. The topological polar surface area (TPSA) is 37.3 Å². The lowest BCUT2D eigenvalue weighted by Gasteiger charge is -2.08. The van der Waals surface area contributed by atoms with Crippen molar-refractivity contribution in [3.8, 4) is 11.1 Å². The van der Waals surface area contributed by atoms with Gasteiger partial charge in [0, 0.05) is 15.4 Å². The summed E-state index contributed by atoms with van der Waals surface area (Å²) < 4.78 is 27.4. The second kappa shape index (κ2) is 7.49. The van der Waals surface area contributed by atoms with E-state index in [1.54, 1.807) is 30.3 Å². The molecule has 0 aliphatic rings. The maximum absolute atomic E-state index is 14.0. The van der Waals surface area contributed by atoms with Crippen LogP contribution in [-0.2, 0) is 11.2 Å². The minimum Gasteiger partial charge on any atom is -0.481 e. The molecule has 0 aliphatic heterocycles. The van der Waals surface area contributed by atoms with Crippen LogP contribution in [0.2, 0.25) is 0 Å². The highest BCUT2D eigenvalue weighted by atomic mass is 32.2. The van der Waals surface area contributed by atoms with Gasteiger partial charge in [0.25, 0.3) is 0 Å². The van der Waals surface area contributed by atoms with Gasteiger partial charge in [-0.2, -0.15) is 0 Å². The third-order valence-corrected chi connectivity index (χ3v) is 4.57. The predicted octanol–water partition coefficient (Wildman–Crippen LogP) is 5.41. The number of halogens is 2. The molecule has 0 heterocycles. The summed E-state index contributed by atoms with van der Waals surface area (Å²) >= 11 is 1.44. The summed E-state index contributed by atoms with van der Waals surface area (Å²) in [6.07, 6.45) is -0.0387. The minimum atomic E-state index is -0.884. The van der Waals surface area contributed by atoms with Gasteiger partial charge in [0.2, 0.25) is 0 Å². The van der Waals surface area contributed by atoms with Crippen molar-refractivity contribution in [3.05, 3.63) is 83.9 Å². The van der Waals surface area contributed by atoms with Crippen molar-refractivity contribution in [2.45, 2.75) is 16.2 Å². The van der Waals surface area contributed by atoms with Crippen LogP contribution in [0.4, 0.5) is 8.78 Å². The Hall–Kier alpha value is -2.66. The minimum absolute atomic E-state index is 0.0387. The van der Waals surface area contributed by atoms with E-state index in [1.165, 1.54) is 23.9 Å². The van der Waals surface area contributed by atoms with E-state index < -0.39 is 17.6 Å². The van der Waals surface area contributed by atoms with Gasteiger partial charge in [-0.15, -0.1) is 0 Å². The van der Waals surface area contributed by atoms with Gasteiger partial charge < -0.3 is 5.11 Å². The van der Waals surface area contributed by atoms with E-state index in [1.807, 2.05) is 18.2 Å². The number of rotatable bonds is 5. The van der Waals surface area contributed by atoms with Crippen molar-refractivity contribution >= 4 is 17.7 Å². The van der Waals surface area contributed by atoms with Gasteiger partial charge in [-0.1, -0.05) is 48.2 Å². The maximum atomic E-state index is 14.0. The van der Waals surface area contributed by atoms with E-state index in [9.17, 15) is 13.6 Å². The summed E-state index contributed by atoms with van der Waals surface area (Å²) in [7, 11) is 0. The summed E-state index contributed by atoms with van der Waals surface area (Å²) in [4.78, 5) is 12.6. The van der Waals surface area contributed by atoms with Crippen molar-refractivity contribution in [1.82, 2.24) is 0 Å². The van der Waals surface area contributed by atoms with Gasteiger partial charge >= 0.3 is 5.97 Å². The van der Waals surface area contributed by atoms with Crippen LogP contribution in [0.1, 0.15) is 5.56 Å². The highest BCUT2D eigenvalue weighted by Gasteiger charge is 2.10. The molecule has 25 heavy (non-hydrogen) atoms. The first kappa shape index (κ1) is 17.2. The molecule has 3 rings (SSSR count). The first-order valence-corrected chi connectivity index (χ1v) is 8.37. The van der Waals surface area contributed by atoms with Crippen molar-refractivity contribution in [2.75, 3.05) is 0 Å². The molecular formula is C20H14F2O2S. The zero-order chi connectivity index (χ0) is 17.8. The molecule has 1 N–H and O–H groups in total. The SMILES string of the molecule is O=C(O)Cc1cccc(Sc2cccc(-c3cccc(F)c3F)c2)c1. The molecule has 0 amide bonds. The smallest absolute Gasteiger partial charge is 0.307 e. The van der Waals surface area contributed by atoms with Crippen LogP contribution in [0.3, 0.4) is 0 Å². The van der Waals surface area contributed by atoms with E-state index in [0.717, 1.165) is 15.9 Å². The van der Waals surface area contributed by atoms with Crippen molar-refractivity contribution in [3.63, 3.8) is 0 Å². The van der Waals surface area contributed by atoms with Crippen LogP contribution in [-0.4, -0.2) is 11.1 Å². The fraction of sp³-hybridized carbons (Fsp3) is 0.0500. The molecule has 3 aromatic carbocycles. The van der Waals surface area contributed by atoms with Crippen LogP contribution in [0.5, 0.6) is 0 Å².